The largest absolute Gasteiger partial charge is 0.458 e. The fourth-order valence-electron chi connectivity index (χ4n) is 4.10. The van der Waals surface area contributed by atoms with Gasteiger partial charge in [0, 0.05) is 17.7 Å². The molecule has 1 aromatic heterocycles. The highest BCUT2D eigenvalue weighted by molar-refractivity contribution is 5.89. The number of benzene rings is 2. The Morgan fingerprint density at radius 1 is 1.03 bits per heavy atom. The molecule has 2 aromatic carbocycles. The first kappa shape index (κ1) is 18.5. The number of carbonyl (C=O) groups excluding carboxylic acids is 1. The number of piperidine rings is 1. The minimum absolute atomic E-state index is 0.0199. The molecule has 0 saturated carbocycles. The van der Waals surface area contributed by atoms with E-state index in [1.54, 1.807) is 0 Å². The molecule has 7 heteroatoms. The first-order valence-corrected chi connectivity index (χ1v) is 9.98. The van der Waals surface area contributed by atoms with Gasteiger partial charge in [-0.15, -0.1) is 0 Å². The summed E-state index contributed by atoms with van der Waals surface area (Å²) in [6.45, 7) is 1.09. The van der Waals surface area contributed by atoms with Crippen molar-refractivity contribution in [2.45, 2.75) is 24.9 Å². The molecule has 30 heavy (non-hydrogen) atoms. The molecule has 2 aliphatic heterocycles. The van der Waals surface area contributed by atoms with Crippen LogP contribution < -0.4 is 9.47 Å². The quantitative estimate of drug-likeness (QED) is 0.661. The van der Waals surface area contributed by atoms with Gasteiger partial charge < -0.3 is 14.4 Å². The van der Waals surface area contributed by atoms with Crippen LogP contribution in [-0.2, 0) is 4.79 Å². The first-order valence-electron chi connectivity index (χ1n) is 9.98. The summed E-state index contributed by atoms with van der Waals surface area (Å²) in [5, 5.41) is 0. The third-order valence-electron chi connectivity index (χ3n) is 5.49. The van der Waals surface area contributed by atoms with Gasteiger partial charge >= 0.3 is 6.01 Å². The topological polar surface area (TPSA) is 64.5 Å². The number of para-hydroxylation sites is 2. The van der Waals surface area contributed by atoms with Gasteiger partial charge in [0.2, 0.25) is 5.91 Å². The molecule has 2 aliphatic rings. The van der Waals surface area contributed by atoms with Crippen LogP contribution >= 0.6 is 0 Å². The Morgan fingerprint density at radius 3 is 2.33 bits per heavy atom. The number of hydrogen-bond donors (Lipinski definition) is 0. The van der Waals surface area contributed by atoms with Crippen molar-refractivity contribution in [2.24, 2.45) is 0 Å². The molecule has 3 aromatic rings. The lowest BCUT2D eigenvalue weighted by molar-refractivity contribution is -0.134. The van der Waals surface area contributed by atoms with Crippen molar-refractivity contribution in [2.75, 3.05) is 13.1 Å². The van der Waals surface area contributed by atoms with Crippen LogP contribution in [0.2, 0.25) is 0 Å². The van der Waals surface area contributed by atoms with Crippen LogP contribution in [0.5, 0.6) is 17.5 Å². The molecule has 6 nitrogen and oxygen atoms in total. The van der Waals surface area contributed by atoms with Crippen molar-refractivity contribution in [1.82, 2.24) is 14.9 Å². The number of carbonyl (C=O) groups is 1. The van der Waals surface area contributed by atoms with Gasteiger partial charge in [0.15, 0.2) is 5.82 Å². The van der Waals surface area contributed by atoms with Crippen LogP contribution in [-0.4, -0.2) is 40.0 Å². The van der Waals surface area contributed by atoms with Crippen molar-refractivity contribution in [3.05, 3.63) is 77.9 Å². The molecular weight excluding hydrogens is 385 g/mol. The number of ether oxygens (including phenoxy) is 2. The van der Waals surface area contributed by atoms with Crippen molar-refractivity contribution in [1.29, 1.82) is 0 Å². The predicted octanol–water partition coefficient (Wildman–Crippen LogP) is 3.92. The van der Waals surface area contributed by atoms with Crippen LogP contribution in [0.25, 0.3) is 0 Å². The lowest BCUT2D eigenvalue weighted by Crippen LogP contribution is -2.46. The number of halogens is 1. The fourth-order valence-corrected chi connectivity index (χ4v) is 4.10. The lowest BCUT2D eigenvalue weighted by atomic mass is 9.86. The van der Waals surface area contributed by atoms with Gasteiger partial charge in [-0.05, 0) is 25.0 Å². The van der Waals surface area contributed by atoms with Crippen molar-refractivity contribution >= 4 is 5.91 Å². The monoisotopic (exact) mass is 405 g/mol. The molecule has 0 radical (unpaired) electrons. The molecule has 1 saturated heterocycles. The second-order valence-corrected chi connectivity index (χ2v) is 7.46. The molecule has 1 unspecified atom stereocenters. The number of likely N-dealkylation sites (tertiary alicyclic amines) is 1. The predicted molar refractivity (Wildman–Crippen MR) is 107 cm³/mol. The number of aromatic nitrogens is 2. The third-order valence-corrected chi connectivity index (χ3v) is 5.49. The highest BCUT2D eigenvalue weighted by atomic mass is 19.1. The Kier molecular flexibility index (Phi) is 4.78. The zero-order valence-electron chi connectivity index (χ0n) is 16.2. The number of nitrogens with zero attached hydrogens (tertiary/aromatic N) is 3. The van der Waals surface area contributed by atoms with Gasteiger partial charge in [-0.25, -0.2) is 14.4 Å². The Labute approximate surface area is 173 Å². The molecule has 5 rings (SSSR count). The summed E-state index contributed by atoms with van der Waals surface area (Å²) in [5.41, 5.74) is 1.73. The Hall–Kier alpha value is -3.48. The van der Waals surface area contributed by atoms with Gasteiger partial charge in [-0.1, -0.05) is 36.4 Å². The van der Waals surface area contributed by atoms with E-state index in [4.69, 9.17) is 9.47 Å². The summed E-state index contributed by atoms with van der Waals surface area (Å²) in [7, 11) is 0. The normalized spacial score (nSPS) is 18.2. The molecule has 0 spiro atoms. The van der Waals surface area contributed by atoms with E-state index in [1.165, 1.54) is 0 Å². The van der Waals surface area contributed by atoms with Gasteiger partial charge in [0.25, 0.3) is 0 Å². The van der Waals surface area contributed by atoms with Gasteiger partial charge in [-0.3, -0.25) is 4.79 Å². The summed E-state index contributed by atoms with van der Waals surface area (Å²) in [6.07, 6.45) is 3.50. The zero-order valence-corrected chi connectivity index (χ0v) is 16.2. The summed E-state index contributed by atoms with van der Waals surface area (Å²) in [5.74, 6) is 0.497. The smallest absolute Gasteiger partial charge is 0.316 e. The van der Waals surface area contributed by atoms with Crippen LogP contribution in [0, 0.1) is 5.82 Å². The van der Waals surface area contributed by atoms with E-state index in [2.05, 4.69) is 9.97 Å². The number of rotatable bonds is 3. The lowest BCUT2D eigenvalue weighted by Gasteiger charge is -2.36. The summed E-state index contributed by atoms with van der Waals surface area (Å²) >= 11 is 0. The number of fused-ring (bicyclic) bond motifs is 2. The van der Waals surface area contributed by atoms with E-state index >= 15 is 0 Å². The molecule has 152 valence electrons. The molecule has 0 N–H and O–H groups in total. The molecule has 0 bridgehead atoms. The molecule has 3 heterocycles. The Balaban J connectivity index is 1.40. The van der Waals surface area contributed by atoms with Gasteiger partial charge in [-0.2, -0.15) is 0 Å². The summed E-state index contributed by atoms with van der Waals surface area (Å²) in [4.78, 5) is 23.2. The SMILES string of the molecule is O=C(C1c2ccccc2Oc2ccccc21)N1CCCC(Oc2ncc(F)cn2)C1. The fraction of sp³-hybridized carbons (Fsp3) is 0.261. The molecule has 1 fully saturated rings. The van der Waals surface area contributed by atoms with E-state index in [-0.39, 0.29) is 18.0 Å². The molecule has 0 aliphatic carbocycles. The van der Waals surface area contributed by atoms with E-state index in [0.717, 1.165) is 36.4 Å². The Morgan fingerprint density at radius 2 is 1.67 bits per heavy atom. The second kappa shape index (κ2) is 7.74. The minimum atomic E-state index is -0.514. The van der Waals surface area contributed by atoms with Crippen molar-refractivity contribution in [3.63, 3.8) is 0 Å². The van der Waals surface area contributed by atoms with Crippen molar-refractivity contribution in [3.8, 4) is 17.5 Å². The first-order chi connectivity index (χ1) is 14.7. The molecule has 1 atom stereocenters. The third kappa shape index (κ3) is 3.47. The summed E-state index contributed by atoms with van der Waals surface area (Å²) < 4.78 is 24.9. The highest BCUT2D eigenvalue weighted by Crippen LogP contribution is 2.44. The minimum Gasteiger partial charge on any atom is -0.458 e. The van der Waals surface area contributed by atoms with Crippen molar-refractivity contribution < 1.29 is 18.7 Å². The van der Waals surface area contributed by atoms with E-state index in [9.17, 15) is 9.18 Å². The van der Waals surface area contributed by atoms with Gasteiger partial charge in [0.05, 0.1) is 24.9 Å². The Bertz CT molecular complexity index is 1030. The zero-order chi connectivity index (χ0) is 20.5. The standard InChI is InChI=1S/C23H20FN3O3/c24-15-12-25-23(26-13-15)29-16-6-5-11-27(14-16)22(28)21-17-7-1-3-9-19(17)30-20-10-4-2-8-18(20)21/h1-4,7-10,12-13,16,21H,5-6,11,14H2. The van der Waals surface area contributed by atoms with E-state index in [0.29, 0.717) is 24.6 Å². The van der Waals surface area contributed by atoms with E-state index < -0.39 is 11.7 Å². The second-order valence-electron chi connectivity index (χ2n) is 7.46. The van der Waals surface area contributed by atoms with Crippen LogP contribution in [0.3, 0.4) is 0 Å². The summed E-state index contributed by atoms with van der Waals surface area (Å²) in [6, 6.07) is 15.4. The van der Waals surface area contributed by atoms with Crippen LogP contribution in [0.4, 0.5) is 4.39 Å². The average molecular weight is 405 g/mol. The highest BCUT2D eigenvalue weighted by Gasteiger charge is 2.37. The van der Waals surface area contributed by atoms with Gasteiger partial charge in [0.1, 0.15) is 17.6 Å². The number of amides is 1. The maximum absolute atomic E-state index is 13.7. The van der Waals surface area contributed by atoms with Crippen LogP contribution in [0.15, 0.2) is 60.9 Å². The maximum Gasteiger partial charge on any atom is 0.316 e. The maximum atomic E-state index is 13.7. The number of hydrogen-bond acceptors (Lipinski definition) is 5. The molecule has 1 amide bonds. The van der Waals surface area contributed by atoms with Crippen LogP contribution in [0.1, 0.15) is 29.9 Å². The molecular formula is C23H20FN3O3. The average Bonchev–Trinajstić information content (AvgIpc) is 2.79. The van der Waals surface area contributed by atoms with E-state index in [1.807, 2.05) is 53.4 Å².